The van der Waals surface area contributed by atoms with Gasteiger partial charge in [-0.3, -0.25) is 14.3 Å². The van der Waals surface area contributed by atoms with Gasteiger partial charge in [0.05, 0.1) is 11.9 Å². The number of rotatable bonds is 5. The first-order valence-electron chi connectivity index (χ1n) is 10.0. The van der Waals surface area contributed by atoms with Crippen LogP contribution in [0.1, 0.15) is 34.4 Å². The summed E-state index contributed by atoms with van der Waals surface area (Å²) in [4.78, 5) is 24.8. The molecule has 3 aromatic heterocycles. The van der Waals surface area contributed by atoms with Crippen LogP contribution in [0.2, 0.25) is 0 Å². The van der Waals surface area contributed by atoms with Gasteiger partial charge in [0.2, 0.25) is 0 Å². The Kier molecular flexibility index (Phi) is 5.39. The fourth-order valence-corrected chi connectivity index (χ4v) is 6.13. The van der Waals surface area contributed by atoms with Crippen LogP contribution in [0.4, 0.5) is 4.39 Å². The Morgan fingerprint density at radius 1 is 1.03 bits per heavy atom. The standard InChI is InChI=1S/C23H20FN3OS2/c24-17-7-5-16(6-8-17)14-29-23-26-21-20(18-3-1-2-4-19(18)30-21)22(28)27(23)13-15-9-11-25-12-10-15/h5-12H,1-4,13-14H2. The predicted molar refractivity (Wildman–Crippen MR) is 120 cm³/mol. The number of benzene rings is 1. The molecule has 4 aromatic rings. The molecule has 1 aromatic carbocycles. The zero-order valence-corrected chi connectivity index (χ0v) is 17.9. The Balaban J connectivity index is 1.58. The molecule has 0 N–H and O–H groups in total. The number of thioether (sulfide) groups is 1. The van der Waals surface area contributed by atoms with E-state index in [1.807, 2.05) is 12.1 Å². The molecule has 0 atom stereocenters. The van der Waals surface area contributed by atoms with Crippen molar-refractivity contribution >= 4 is 33.3 Å². The third-order valence-electron chi connectivity index (χ3n) is 5.41. The van der Waals surface area contributed by atoms with Gasteiger partial charge in [0.15, 0.2) is 5.16 Å². The van der Waals surface area contributed by atoms with Crippen molar-refractivity contribution in [3.63, 3.8) is 0 Å². The minimum absolute atomic E-state index is 0.0396. The van der Waals surface area contributed by atoms with E-state index in [1.54, 1.807) is 40.4 Å². The van der Waals surface area contributed by atoms with Crippen LogP contribution in [0.25, 0.3) is 10.2 Å². The summed E-state index contributed by atoms with van der Waals surface area (Å²) in [6.45, 7) is 0.459. The smallest absolute Gasteiger partial charge is 0.263 e. The van der Waals surface area contributed by atoms with Gasteiger partial charge in [-0.25, -0.2) is 9.37 Å². The summed E-state index contributed by atoms with van der Waals surface area (Å²) in [6, 6.07) is 10.3. The summed E-state index contributed by atoms with van der Waals surface area (Å²) < 4.78 is 15.0. The molecule has 0 fully saturated rings. The van der Waals surface area contributed by atoms with Crippen LogP contribution < -0.4 is 5.56 Å². The number of aromatic nitrogens is 3. The quantitative estimate of drug-likeness (QED) is 0.318. The van der Waals surface area contributed by atoms with Crippen molar-refractivity contribution in [2.75, 3.05) is 0 Å². The minimum Gasteiger partial charge on any atom is -0.283 e. The van der Waals surface area contributed by atoms with Gasteiger partial charge in [-0.2, -0.15) is 0 Å². The van der Waals surface area contributed by atoms with Gasteiger partial charge >= 0.3 is 0 Å². The molecule has 30 heavy (non-hydrogen) atoms. The highest BCUT2D eigenvalue weighted by molar-refractivity contribution is 7.98. The molecule has 5 rings (SSSR count). The Bertz CT molecular complexity index is 1250. The number of aryl methyl sites for hydroxylation is 2. The lowest BCUT2D eigenvalue weighted by Gasteiger charge is -2.13. The van der Waals surface area contributed by atoms with Crippen molar-refractivity contribution in [3.8, 4) is 0 Å². The number of nitrogens with zero attached hydrogens (tertiary/aromatic N) is 3. The number of halogens is 1. The third kappa shape index (κ3) is 3.79. The molecule has 3 heterocycles. The molecule has 0 aliphatic heterocycles. The van der Waals surface area contributed by atoms with Crippen molar-refractivity contribution in [2.45, 2.75) is 43.1 Å². The van der Waals surface area contributed by atoms with E-state index in [0.717, 1.165) is 40.6 Å². The Morgan fingerprint density at radius 2 is 1.80 bits per heavy atom. The maximum Gasteiger partial charge on any atom is 0.263 e. The van der Waals surface area contributed by atoms with Crippen LogP contribution in [0.15, 0.2) is 58.7 Å². The van der Waals surface area contributed by atoms with Crippen LogP contribution in [0.3, 0.4) is 0 Å². The molecule has 7 heteroatoms. The summed E-state index contributed by atoms with van der Waals surface area (Å²) >= 11 is 3.19. The molecule has 0 unspecified atom stereocenters. The first-order chi connectivity index (χ1) is 14.7. The topological polar surface area (TPSA) is 47.8 Å². The minimum atomic E-state index is -0.248. The van der Waals surface area contributed by atoms with Crippen molar-refractivity contribution < 1.29 is 4.39 Å². The molecule has 0 radical (unpaired) electrons. The first kappa shape index (κ1) is 19.5. The monoisotopic (exact) mass is 437 g/mol. The van der Waals surface area contributed by atoms with Crippen LogP contribution in [-0.4, -0.2) is 14.5 Å². The second-order valence-corrected chi connectivity index (χ2v) is 9.47. The van der Waals surface area contributed by atoms with Gasteiger partial charge < -0.3 is 0 Å². The van der Waals surface area contributed by atoms with Crippen molar-refractivity contribution in [1.82, 2.24) is 14.5 Å². The highest BCUT2D eigenvalue weighted by Gasteiger charge is 2.22. The van der Waals surface area contributed by atoms with Crippen LogP contribution >= 0.6 is 23.1 Å². The fourth-order valence-electron chi connectivity index (χ4n) is 3.87. The van der Waals surface area contributed by atoms with Crippen molar-refractivity contribution in [1.29, 1.82) is 0 Å². The van der Waals surface area contributed by atoms with Crippen LogP contribution in [0.5, 0.6) is 0 Å². The van der Waals surface area contributed by atoms with Gasteiger partial charge in [0.25, 0.3) is 5.56 Å². The molecule has 152 valence electrons. The lowest BCUT2D eigenvalue weighted by Crippen LogP contribution is -2.24. The number of thiophene rings is 1. The van der Waals surface area contributed by atoms with E-state index in [-0.39, 0.29) is 11.4 Å². The third-order valence-corrected chi connectivity index (χ3v) is 7.64. The van der Waals surface area contributed by atoms with E-state index < -0.39 is 0 Å². The summed E-state index contributed by atoms with van der Waals surface area (Å²) in [5.41, 5.74) is 3.26. The fraction of sp³-hybridized carbons (Fsp3) is 0.261. The Morgan fingerprint density at radius 3 is 2.60 bits per heavy atom. The molecular weight excluding hydrogens is 417 g/mol. The molecule has 0 saturated heterocycles. The highest BCUT2D eigenvalue weighted by Crippen LogP contribution is 2.35. The number of pyridine rings is 1. The summed E-state index contributed by atoms with van der Waals surface area (Å²) in [7, 11) is 0. The maximum atomic E-state index is 13.6. The van der Waals surface area contributed by atoms with Gasteiger partial charge in [0.1, 0.15) is 10.6 Å². The van der Waals surface area contributed by atoms with E-state index in [1.165, 1.54) is 40.8 Å². The molecule has 0 amide bonds. The summed E-state index contributed by atoms with van der Waals surface area (Å²) in [5.74, 6) is 0.377. The lowest BCUT2D eigenvalue weighted by atomic mass is 9.97. The predicted octanol–water partition coefficient (Wildman–Crippen LogP) is 5.21. The van der Waals surface area contributed by atoms with E-state index >= 15 is 0 Å². The average Bonchev–Trinajstić information content (AvgIpc) is 3.15. The van der Waals surface area contributed by atoms with Gasteiger partial charge in [0, 0.05) is 23.0 Å². The van der Waals surface area contributed by atoms with E-state index in [4.69, 9.17) is 4.98 Å². The number of hydrogen-bond acceptors (Lipinski definition) is 5. The zero-order valence-electron chi connectivity index (χ0n) is 16.3. The molecule has 4 nitrogen and oxygen atoms in total. The van der Waals surface area contributed by atoms with Gasteiger partial charge in [-0.05, 0) is 66.6 Å². The van der Waals surface area contributed by atoms with Gasteiger partial charge in [-0.1, -0.05) is 23.9 Å². The van der Waals surface area contributed by atoms with Crippen LogP contribution in [0, 0.1) is 5.82 Å². The maximum absolute atomic E-state index is 13.6. The Labute approximate surface area is 181 Å². The van der Waals surface area contributed by atoms with E-state index in [9.17, 15) is 9.18 Å². The van der Waals surface area contributed by atoms with Crippen molar-refractivity contribution in [3.05, 3.63) is 86.5 Å². The van der Waals surface area contributed by atoms with E-state index in [2.05, 4.69) is 4.98 Å². The lowest BCUT2D eigenvalue weighted by molar-refractivity contribution is 0.627. The molecule has 0 spiro atoms. The first-order valence-corrected chi connectivity index (χ1v) is 11.8. The SMILES string of the molecule is O=c1c2c3c(sc2nc(SCc2ccc(F)cc2)n1Cc1ccncc1)CCCC3. The molecule has 1 aliphatic rings. The number of fused-ring (bicyclic) bond motifs is 3. The summed E-state index contributed by atoms with van der Waals surface area (Å²) in [6.07, 6.45) is 7.79. The molecule has 0 bridgehead atoms. The van der Waals surface area contributed by atoms with Crippen molar-refractivity contribution in [2.24, 2.45) is 0 Å². The van der Waals surface area contributed by atoms with Crippen LogP contribution in [-0.2, 0) is 25.1 Å². The zero-order chi connectivity index (χ0) is 20.5. The Hall–Kier alpha value is -2.51. The second-order valence-electron chi connectivity index (χ2n) is 7.45. The highest BCUT2D eigenvalue weighted by atomic mass is 32.2. The van der Waals surface area contributed by atoms with E-state index in [0.29, 0.717) is 17.5 Å². The number of hydrogen-bond donors (Lipinski definition) is 0. The summed E-state index contributed by atoms with van der Waals surface area (Å²) in [5, 5.41) is 1.50. The normalized spacial score (nSPS) is 13.5. The molecule has 1 aliphatic carbocycles. The largest absolute Gasteiger partial charge is 0.283 e. The van der Waals surface area contributed by atoms with Gasteiger partial charge in [-0.15, -0.1) is 11.3 Å². The average molecular weight is 438 g/mol. The molecular formula is C23H20FN3OS2. The second kappa shape index (κ2) is 8.32. The molecule has 0 saturated carbocycles.